The van der Waals surface area contributed by atoms with Crippen molar-refractivity contribution in [1.82, 2.24) is 25.1 Å². The van der Waals surface area contributed by atoms with Gasteiger partial charge in [-0.1, -0.05) is 18.2 Å². The average molecular weight is 412 g/mol. The van der Waals surface area contributed by atoms with Gasteiger partial charge in [-0.25, -0.2) is 9.97 Å². The number of anilines is 1. The summed E-state index contributed by atoms with van der Waals surface area (Å²) in [6.07, 6.45) is 5.00. The summed E-state index contributed by atoms with van der Waals surface area (Å²) >= 11 is 1.58. The Kier molecular flexibility index (Phi) is 4.82. The number of amides is 1. The van der Waals surface area contributed by atoms with Gasteiger partial charge in [-0.05, 0) is 42.0 Å². The van der Waals surface area contributed by atoms with Gasteiger partial charge in [0.1, 0.15) is 11.4 Å². The minimum atomic E-state index is -0.149. The highest BCUT2D eigenvalue weighted by molar-refractivity contribution is 7.98. The molecule has 0 aliphatic heterocycles. The smallest absolute Gasteiger partial charge is 0.255 e. The fourth-order valence-electron chi connectivity index (χ4n) is 3.17. The molecule has 2 aromatic carbocycles. The molecule has 5 rings (SSSR count). The molecule has 0 atom stereocenters. The van der Waals surface area contributed by atoms with Crippen LogP contribution in [0.25, 0.3) is 21.9 Å². The van der Waals surface area contributed by atoms with E-state index < -0.39 is 0 Å². The molecule has 0 fully saturated rings. The van der Waals surface area contributed by atoms with Crippen LogP contribution in [-0.2, 0) is 5.75 Å². The molecule has 5 aromatic rings. The topological polar surface area (TPSA) is 96.5 Å². The van der Waals surface area contributed by atoms with Gasteiger partial charge < -0.3 is 5.32 Å². The number of carbonyl (C=O) groups is 1. The Labute approximate surface area is 176 Å². The minimum Gasteiger partial charge on any atom is -0.322 e. The number of hydrogen-bond donors (Lipinski definition) is 2. The summed E-state index contributed by atoms with van der Waals surface area (Å²) in [5, 5.41) is 12.6. The van der Waals surface area contributed by atoms with Gasteiger partial charge in [0.2, 0.25) is 0 Å². The van der Waals surface area contributed by atoms with Gasteiger partial charge in [0.05, 0.1) is 17.1 Å². The normalized spacial score (nSPS) is 11.1. The van der Waals surface area contributed by atoms with E-state index in [4.69, 9.17) is 0 Å². The molecule has 3 heterocycles. The van der Waals surface area contributed by atoms with Gasteiger partial charge in [0, 0.05) is 28.6 Å². The number of fused-ring (bicyclic) bond motifs is 2. The molecule has 0 saturated carbocycles. The Hall–Kier alpha value is -3.78. The Morgan fingerprint density at radius 2 is 2.00 bits per heavy atom. The summed E-state index contributed by atoms with van der Waals surface area (Å²) < 4.78 is 0. The van der Waals surface area contributed by atoms with Crippen LogP contribution in [0.3, 0.4) is 0 Å². The maximum atomic E-state index is 12.8. The van der Waals surface area contributed by atoms with E-state index in [1.54, 1.807) is 24.2 Å². The number of H-pyrrole nitrogens is 1. The molecule has 7 nitrogen and oxygen atoms in total. The van der Waals surface area contributed by atoms with Crippen LogP contribution in [0.2, 0.25) is 0 Å². The van der Waals surface area contributed by atoms with Crippen molar-refractivity contribution in [1.29, 1.82) is 0 Å². The summed E-state index contributed by atoms with van der Waals surface area (Å²) in [7, 11) is 0. The lowest BCUT2D eigenvalue weighted by molar-refractivity contribution is 0.102. The van der Waals surface area contributed by atoms with Gasteiger partial charge in [0.25, 0.3) is 5.91 Å². The van der Waals surface area contributed by atoms with Crippen LogP contribution in [0.4, 0.5) is 5.69 Å². The van der Waals surface area contributed by atoms with E-state index in [0.717, 1.165) is 32.6 Å². The van der Waals surface area contributed by atoms with Gasteiger partial charge in [-0.15, -0.1) is 11.8 Å². The number of hydrogen-bond acceptors (Lipinski definition) is 6. The number of nitrogens with one attached hydrogen (secondary N) is 2. The van der Waals surface area contributed by atoms with Crippen LogP contribution < -0.4 is 5.32 Å². The first-order chi connectivity index (χ1) is 14.8. The molecular formula is C22H16N6OS. The van der Waals surface area contributed by atoms with Gasteiger partial charge >= 0.3 is 0 Å². The second-order valence-corrected chi connectivity index (χ2v) is 7.63. The fraction of sp³-hybridized carbons (Fsp3) is 0.0455. The van der Waals surface area contributed by atoms with Crippen molar-refractivity contribution < 1.29 is 4.79 Å². The van der Waals surface area contributed by atoms with Crippen molar-refractivity contribution >= 4 is 45.3 Å². The molecule has 0 aliphatic rings. The number of nitrogens with zero attached hydrogens (tertiary/aromatic N) is 4. The van der Waals surface area contributed by atoms with Crippen LogP contribution in [0, 0.1) is 0 Å². The number of aromatic nitrogens is 5. The molecule has 2 N–H and O–H groups in total. The zero-order valence-electron chi connectivity index (χ0n) is 15.7. The first kappa shape index (κ1) is 18.3. The van der Waals surface area contributed by atoms with E-state index in [-0.39, 0.29) is 5.91 Å². The molecular weight excluding hydrogens is 396 g/mol. The van der Waals surface area contributed by atoms with E-state index in [1.807, 2.05) is 54.6 Å². The lowest BCUT2D eigenvalue weighted by Crippen LogP contribution is -2.12. The molecule has 3 aromatic heterocycles. The van der Waals surface area contributed by atoms with Gasteiger partial charge in [0.15, 0.2) is 5.65 Å². The van der Waals surface area contributed by atoms with Crippen LogP contribution in [-0.4, -0.2) is 31.1 Å². The third-order valence-corrected chi connectivity index (χ3v) is 5.71. The maximum Gasteiger partial charge on any atom is 0.255 e. The molecule has 0 bridgehead atoms. The van der Waals surface area contributed by atoms with E-state index in [1.165, 1.54) is 6.33 Å². The minimum absolute atomic E-state index is 0.149. The highest BCUT2D eigenvalue weighted by Crippen LogP contribution is 2.26. The van der Waals surface area contributed by atoms with Crippen LogP contribution >= 0.6 is 11.8 Å². The molecule has 8 heteroatoms. The van der Waals surface area contributed by atoms with Crippen LogP contribution in [0.15, 0.2) is 78.3 Å². The highest BCUT2D eigenvalue weighted by Gasteiger charge is 2.10. The van der Waals surface area contributed by atoms with E-state index in [2.05, 4.69) is 30.5 Å². The summed E-state index contributed by atoms with van der Waals surface area (Å²) in [6.45, 7) is 0. The zero-order valence-corrected chi connectivity index (χ0v) is 16.6. The largest absolute Gasteiger partial charge is 0.322 e. The molecule has 30 heavy (non-hydrogen) atoms. The number of benzene rings is 2. The SMILES string of the molecule is O=C(Nc1ccc2ncccc2c1)c1cccc(CSc2ncnc3[nH]ncc23)c1. The summed E-state index contributed by atoms with van der Waals surface area (Å²) in [5.74, 6) is 0.532. The first-order valence-corrected chi connectivity index (χ1v) is 10.3. The Morgan fingerprint density at radius 3 is 2.97 bits per heavy atom. The second kappa shape index (κ2) is 7.92. The summed E-state index contributed by atoms with van der Waals surface area (Å²) in [4.78, 5) is 25.5. The number of carbonyl (C=O) groups excluding carboxylic acids is 1. The van der Waals surface area contributed by atoms with Crippen molar-refractivity contribution in [2.24, 2.45) is 0 Å². The van der Waals surface area contributed by atoms with Crippen molar-refractivity contribution in [3.63, 3.8) is 0 Å². The van der Waals surface area contributed by atoms with Crippen molar-refractivity contribution in [2.45, 2.75) is 10.8 Å². The lowest BCUT2D eigenvalue weighted by atomic mass is 10.1. The summed E-state index contributed by atoms with van der Waals surface area (Å²) in [5.41, 5.74) is 3.99. The molecule has 0 spiro atoms. The molecule has 146 valence electrons. The van der Waals surface area contributed by atoms with Crippen molar-refractivity contribution in [3.8, 4) is 0 Å². The lowest BCUT2D eigenvalue weighted by Gasteiger charge is -2.08. The number of rotatable bonds is 5. The number of thioether (sulfide) groups is 1. The molecule has 1 amide bonds. The van der Waals surface area contributed by atoms with Crippen LogP contribution in [0.5, 0.6) is 0 Å². The zero-order chi connectivity index (χ0) is 20.3. The fourth-order valence-corrected chi connectivity index (χ4v) is 4.08. The first-order valence-electron chi connectivity index (χ1n) is 9.28. The summed E-state index contributed by atoms with van der Waals surface area (Å²) in [6, 6.07) is 17.1. The molecule has 0 saturated heterocycles. The van der Waals surface area contributed by atoms with Crippen LogP contribution in [0.1, 0.15) is 15.9 Å². The van der Waals surface area contributed by atoms with Gasteiger partial charge in [-0.2, -0.15) is 5.10 Å². The van der Waals surface area contributed by atoms with E-state index >= 15 is 0 Å². The predicted octanol–water partition coefficient (Wildman–Crippen LogP) is 4.45. The Morgan fingerprint density at radius 1 is 1.03 bits per heavy atom. The van der Waals surface area contributed by atoms with Gasteiger partial charge in [-0.3, -0.25) is 14.9 Å². The standard InChI is InChI=1S/C22H16N6OS/c29-21(27-17-6-7-19-15(10-17)5-2-8-23-19)16-4-1-3-14(9-16)12-30-22-18-11-26-28-20(18)24-13-25-22/h1-11,13H,12H2,(H,27,29)(H,24,25,26,28). The highest BCUT2D eigenvalue weighted by atomic mass is 32.2. The average Bonchev–Trinajstić information content (AvgIpc) is 3.27. The van der Waals surface area contributed by atoms with E-state index in [0.29, 0.717) is 17.0 Å². The number of aromatic amines is 1. The third kappa shape index (κ3) is 3.72. The Bertz CT molecular complexity index is 1370. The molecule has 0 unspecified atom stereocenters. The molecule has 0 radical (unpaired) electrons. The number of pyridine rings is 1. The van der Waals surface area contributed by atoms with Crippen molar-refractivity contribution in [3.05, 3.63) is 84.4 Å². The van der Waals surface area contributed by atoms with Crippen molar-refractivity contribution in [2.75, 3.05) is 5.32 Å². The third-order valence-electron chi connectivity index (χ3n) is 4.64. The Balaban J connectivity index is 1.31. The van der Waals surface area contributed by atoms with E-state index in [9.17, 15) is 4.79 Å². The predicted molar refractivity (Wildman–Crippen MR) is 117 cm³/mol. The molecule has 0 aliphatic carbocycles. The monoisotopic (exact) mass is 412 g/mol. The second-order valence-electron chi connectivity index (χ2n) is 6.67. The maximum absolute atomic E-state index is 12.8. The quantitative estimate of drug-likeness (QED) is 0.327.